The van der Waals surface area contributed by atoms with Crippen molar-refractivity contribution in [1.29, 1.82) is 0 Å². The Labute approximate surface area is 124 Å². The number of benzene rings is 1. The summed E-state index contributed by atoms with van der Waals surface area (Å²) >= 11 is 0. The van der Waals surface area contributed by atoms with Crippen LogP contribution in [0.4, 0.5) is 10.3 Å². The van der Waals surface area contributed by atoms with E-state index in [-0.39, 0.29) is 17.2 Å². The minimum atomic E-state index is -0.481. The first-order chi connectivity index (χ1) is 9.60. The molecule has 2 rings (SSSR count). The lowest BCUT2D eigenvalue weighted by Gasteiger charge is -2.26. The third-order valence-corrected chi connectivity index (χ3v) is 3.45. The fourth-order valence-corrected chi connectivity index (χ4v) is 2.00. The van der Waals surface area contributed by atoms with E-state index in [1.165, 1.54) is 12.1 Å². The molecule has 0 aliphatic rings. The van der Waals surface area contributed by atoms with Crippen LogP contribution in [0.1, 0.15) is 51.8 Å². The molecule has 21 heavy (non-hydrogen) atoms. The Hall–Kier alpha value is -2.04. The number of nitrogens with zero attached hydrogens (tertiary/aromatic N) is 3. The Morgan fingerprint density at radius 2 is 1.38 bits per heavy atom. The quantitative estimate of drug-likeness (QED) is 0.921. The topological polar surface area (TPSA) is 64.7 Å². The number of nitrogen functional groups attached to an aromatic ring is 1. The van der Waals surface area contributed by atoms with Gasteiger partial charge in [-0.3, -0.25) is 0 Å². The van der Waals surface area contributed by atoms with Gasteiger partial charge in [-0.05, 0) is 31.5 Å². The molecule has 0 amide bonds. The van der Waals surface area contributed by atoms with Crippen LogP contribution in [0, 0.1) is 5.82 Å². The summed E-state index contributed by atoms with van der Waals surface area (Å²) in [5.41, 5.74) is 6.06. The highest BCUT2D eigenvalue weighted by Gasteiger charge is 2.29. The summed E-state index contributed by atoms with van der Waals surface area (Å²) in [4.78, 5) is 13.1. The lowest BCUT2D eigenvalue weighted by Crippen LogP contribution is -2.27. The summed E-state index contributed by atoms with van der Waals surface area (Å²) in [7, 11) is 0. The lowest BCUT2D eigenvalue weighted by molar-refractivity contribution is 0.513. The molecule has 0 spiro atoms. The van der Waals surface area contributed by atoms with Crippen molar-refractivity contribution in [3.63, 3.8) is 0 Å². The summed E-state index contributed by atoms with van der Waals surface area (Å²) in [5.74, 6) is 1.19. The fourth-order valence-electron chi connectivity index (χ4n) is 2.00. The molecule has 0 aliphatic heterocycles. The summed E-state index contributed by atoms with van der Waals surface area (Å²) in [6, 6.07) is 6.36. The zero-order chi connectivity index (χ0) is 15.8. The summed E-state index contributed by atoms with van der Waals surface area (Å²) < 4.78 is 13.1. The summed E-state index contributed by atoms with van der Waals surface area (Å²) in [6.07, 6.45) is 0. The number of rotatable bonds is 2. The van der Waals surface area contributed by atoms with Crippen molar-refractivity contribution in [3.05, 3.63) is 47.3 Å². The highest BCUT2D eigenvalue weighted by Crippen LogP contribution is 2.30. The van der Waals surface area contributed by atoms with Crippen molar-refractivity contribution < 1.29 is 4.39 Å². The Morgan fingerprint density at radius 3 is 1.90 bits per heavy atom. The average Bonchev–Trinajstić information content (AvgIpc) is 2.37. The van der Waals surface area contributed by atoms with E-state index in [1.807, 2.05) is 34.6 Å². The molecule has 0 saturated heterocycles. The van der Waals surface area contributed by atoms with E-state index in [9.17, 15) is 4.39 Å². The maximum absolute atomic E-state index is 13.1. The molecule has 0 radical (unpaired) electrons. The molecule has 1 aromatic heterocycles. The van der Waals surface area contributed by atoms with E-state index in [0.29, 0.717) is 11.6 Å². The van der Waals surface area contributed by atoms with E-state index < -0.39 is 5.41 Å². The molecule has 1 aromatic carbocycles. The molecule has 0 atom stereocenters. The van der Waals surface area contributed by atoms with E-state index in [4.69, 9.17) is 5.73 Å². The third-order valence-electron chi connectivity index (χ3n) is 3.45. The smallest absolute Gasteiger partial charge is 0.223 e. The van der Waals surface area contributed by atoms with Crippen LogP contribution in [0.15, 0.2) is 24.3 Å². The van der Waals surface area contributed by atoms with Crippen LogP contribution in [-0.4, -0.2) is 15.0 Å². The second-order valence-electron chi connectivity index (χ2n) is 6.72. The largest absolute Gasteiger partial charge is 0.368 e. The fraction of sp³-hybridized carbons (Fsp3) is 0.438. The van der Waals surface area contributed by atoms with Gasteiger partial charge in [0.05, 0.1) is 0 Å². The first-order valence-corrected chi connectivity index (χ1v) is 6.89. The van der Waals surface area contributed by atoms with E-state index >= 15 is 0 Å². The SMILES string of the molecule is CC(C)(C)c1nc(N)nc(C(C)(C)c2ccc(F)cc2)n1. The first kappa shape index (κ1) is 15.4. The van der Waals surface area contributed by atoms with Crippen molar-refractivity contribution in [2.45, 2.75) is 45.4 Å². The number of aromatic nitrogens is 3. The van der Waals surface area contributed by atoms with E-state index in [0.717, 1.165) is 5.56 Å². The van der Waals surface area contributed by atoms with Crippen LogP contribution >= 0.6 is 0 Å². The van der Waals surface area contributed by atoms with Crippen LogP contribution in [0.3, 0.4) is 0 Å². The molecule has 0 aliphatic carbocycles. The molecular weight excluding hydrogens is 267 g/mol. The monoisotopic (exact) mass is 288 g/mol. The molecule has 2 N–H and O–H groups in total. The predicted molar refractivity (Wildman–Crippen MR) is 81.5 cm³/mol. The van der Waals surface area contributed by atoms with Crippen molar-refractivity contribution in [2.24, 2.45) is 0 Å². The van der Waals surface area contributed by atoms with Gasteiger partial charge in [-0.25, -0.2) is 9.37 Å². The van der Waals surface area contributed by atoms with Gasteiger partial charge < -0.3 is 5.73 Å². The Bertz CT molecular complexity index is 642. The predicted octanol–water partition coefficient (Wildman–Crippen LogP) is 3.22. The maximum Gasteiger partial charge on any atom is 0.223 e. The minimum Gasteiger partial charge on any atom is -0.368 e. The lowest BCUT2D eigenvalue weighted by atomic mass is 9.83. The van der Waals surface area contributed by atoms with Gasteiger partial charge in [0.2, 0.25) is 5.95 Å². The normalized spacial score (nSPS) is 12.5. The van der Waals surface area contributed by atoms with Crippen LogP contribution in [-0.2, 0) is 10.8 Å². The number of hydrogen-bond donors (Lipinski definition) is 1. The van der Waals surface area contributed by atoms with Crippen molar-refractivity contribution >= 4 is 5.95 Å². The standard InChI is InChI=1S/C16H21FN4/c1-15(2,3)12-19-13(21-14(18)20-12)16(4,5)10-6-8-11(17)9-7-10/h6-9H,1-5H3,(H2,18,19,20,21). The third kappa shape index (κ3) is 3.17. The van der Waals surface area contributed by atoms with Crippen molar-refractivity contribution in [1.82, 2.24) is 15.0 Å². The Morgan fingerprint density at radius 1 is 0.857 bits per heavy atom. The molecule has 5 heteroatoms. The van der Waals surface area contributed by atoms with Gasteiger partial charge >= 0.3 is 0 Å². The van der Waals surface area contributed by atoms with Gasteiger partial charge in [0.25, 0.3) is 0 Å². The molecule has 0 unspecified atom stereocenters. The summed E-state index contributed by atoms with van der Waals surface area (Å²) in [6.45, 7) is 10.0. The number of halogens is 1. The molecule has 2 aromatic rings. The molecule has 1 heterocycles. The molecule has 112 valence electrons. The van der Waals surface area contributed by atoms with Gasteiger partial charge in [-0.15, -0.1) is 0 Å². The first-order valence-electron chi connectivity index (χ1n) is 6.89. The van der Waals surface area contributed by atoms with Gasteiger partial charge in [0.1, 0.15) is 17.5 Å². The zero-order valence-corrected chi connectivity index (χ0v) is 13.1. The Kier molecular flexibility index (Phi) is 3.70. The number of hydrogen-bond acceptors (Lipinski definition) is 4. The van der Waals surface area contributed by atoms with Gasteiger partial charge in [0.15, 0.2) is 0 Å². The molecular formula is C16H21FN4. The minimum absolute atomic E-state index is 0.208. The highest BCUT2D eigenvalue weighted by molar-refractivity contribution is 5.33. The van der Waals surface area contributed by atoms with Crippen LogP contribution < -0.4 is 5.73 Å². The molecule has 0 fully saturated rings. The number of nitrogens with two attached hydrogens (primary N) is 1. The summed E-state index contributed by atoms with van der Waals surface area (Å²) in [5, 5.41) is 0. The average molecular weight is 288 g/mol. The van der Waals surface area contributed by atoms with Gasteiger partial charge in [-0.2, -0.15) is 9.97 Å². The van der Waals surface area contributed by atoms with Gasteiger partial charge in [-0.1, -0.05) is 32.9 Å². The van der Waals surface area contributed by atoms with Crippen LogP contribution in [0.5, 0.6) is 0 Å². The Balaban J connectivity index is 2.54. The molecule has 0 saturated carbocycles. The highest BCUT2D eigenvalue weighted by atomic mass is 19.1. The van der Waals surface area contributed by atoms with Crippen molar-refractivity contribution in [3.8, 4) is 0 Å². The molecule has 4 nitrogen and oxygen atoms in total. The number of anilines is 1. The maximum atomic E-state index is 13.1. The van der Waals surface area contributed by atoms with E-state index in [2.05, 4.69) is 15.0 Å². The van der Waals surface area contributed by atoms with Gasteiger partial charge in [0, 0.05) is 10.8 Å². The van der Waals surface area contributed by atoms with E-state index in [1.54, 1.807) is 12.1 Å². The van der Waals surface area contributed by atoms with Crippen LogP contribution in [0.2, 0.25) is 0 Å². The second-order valence-corrected chi connectivity index (χ2v) is 6.72. The molecule has 0 bridgehead atoms. The second kappa shape index (κ2) is 5.06. The van der Waals surface area contributed by atoms with Crippen molar-refractivity contribution in [2.75, 3.05) is 5.73 Å². The van der Waals surface area contributed by atoms with Crippen LogP contribution in [0.25, 0.3) is 0 Å². The zero-order valence-electron chi connectivity index (χ0n) is 13.1.